The van der Waals surface area contributed by atoms with Crippen molar-refractivity contribution in [1.29, 1.82) is 21.0 Å². The molecule has 0 radical (unpaired) electrons. The van der Waals surface area contributed by atoms with Crippen molar-refractivity contribution in [3.63, 3.8) is 0 Å². The summed E-state index contributed by atoms with van der Waals surface area (Å²) in [6, 6.07) is 58.2. The fourth-order valence-corrected chi connectivity index (χ4v) is 7.11. The quantitative estimate of drug-likeness (QED) is 0.167. The van der Waals surface area contributed by atoms with Crippen molar-refractivity contribution in [2.24, 2.45) is 0 Å². The van der Waals surface area contributed by atoms with Crippen LogP contribution < -0.4 is 4.90 Å². The van der Waals surface area contributed by atoms with E-state index in [2.05, 4.69) is 96.9 Å². The maximum absolute atomic E-state index is 9.23. The summed E-state index contributed by atoms with van der Waals surface area (Å²) in [6.07, 6.45) is 3.19. The Morgan fingerprint density at radius 1 is 0.471 bits per heavy atom. The molecule has 5 heteroatoms. The van der Waals surface area contributed by atoms with Crippen LogP contribution in [0.3, 0.4) is 0 Å². The van der Waals surface area contributed by atoms with Crippen molar-refractivity contribution < 1.29 is 0 Å². The topological polar surface area (TPSA) is 98.4 Å². The fourth-order valence-electron chi connectivity index (χ4n) is 7.11. The molecule has 0 amide bonds. The van der Waals surface area contributed by atoms with Gasteiger partial charge in [-0.3, -0.25) is 0 Å². The van der Waals surface area contributed by atoms with Gasteiger partial charge in [0.05, 0.1) is 5.41 Å². The van der Waals surface area contributed by atoms with Crippen LogP contribution in [0.5, 0.6) is 0 Å². The van der Waals surface area contributed by atoms with Gasteiger partial charge in [-0.05, 0) is 92.1 Å². The molecule has 0 unspecified atom stereocenters. The van der Waals surface area contributed by atoms with Gasteiger partial charge in [0.25, 0.3) is 0 Å². The van der Waals surface area contributed by atoms with E-state index in [4.69, 9.17) is 0 Å². The first-order chi connectivity index (χ1) is 25.0. The van der Waals surface area contributed by atoms with Gasteiger partial charge in [-0.1, -0.05) is 121 Å². The second kappa shape index (κ2) is 13.6. The Morgan fingerprint density at radius 2 is 0.824 bits per heavy atom. The largest absolute Gasteiger partial charge is 0.344 e. The molecule has 0 N–H and O–H groups in total. The van der Waals surface area contributed by atoms with E-state index in [9.17, 15) is 21.0 Å². The molecule has 51 heavy (non-hydrogen) atoms. The van der Waals surface area contributed by atoms with Crippen LogP contribution in [0.15, 0.2) is 157 Å². The molecule has 238 valence electrons. The molecule has 0 aromatic heterocycles. The number of hydrogen-bond donors (Lipinski definition) is 0. The summed E-state index contributed by atoms with van der Waals surface area (Å²) in [6.45, 7) is 0. The highest BCUT2D eigenvalue weighted by Crippen LogP contribution is 2.56. The van der Waals surface area contributed by atoms with Gasteiger partial charge in [0.2, 0.25) is 0 Å². The van der Waals surface area contributed by atoms with E-state index in [1.165, 1.54) is 0 Å². The van der Waals surface area contributed by atoms with Gasteiger partial charge in [-0.25, -0.2) is 0 Å². The molecular weight excluding hydrogens is 623 g/mol. The predicted octanol–water partition coefficient (Wildman–Crippen LogP) is 10.3. The third-order valence-corrected chi connectivity index (χ3v) is 9.53. The highest BCUT2D eigenvalue weighted by Gasteiger charge is 2.45. The van der Waals surface area contributed by atoms with Crippen LogP contribution >= 0.6 is 0 Å². The smallest absolute Gasteiger partial charge is 0.130 e. The van der Waals surface area contributed by atoms with Gasteiger partial charge < -0.3 is 4.90 Å². The zero-order valence-corrected chi connectivity index (χ0v) is 27.7. The Bertz CT molecular complexity index is 2290. The average Bonchev–Trinajstić information content (AvgIpc) is 3.20. The van der Waals surface area contributed by atoms with Gasteiger partial charge >= 0.3 is 0 Å². The fraction of sp³-hybridized carbons (Fsp3) is 0.0435. The molecule has 0 bridgehead atoms. The lowest BCUT2D eigenvalue weighted by molar-refractivity contribution is 0.728. The molecule has 1 aliphatic heterocycles. The first kappa shape index (κ1) is 32.1. The molecule has 6 aromatic rings. The summed E-state index contributed by atoms with van der Waals surface area (Å²) < 4.78 is 0. The lowest BCUT2D eigenvalue weighted by Gasteiger charge is -2.46. The van der Waals surface area contributed by atoms with Gasteiger partial charge in [0.1, 0.15) is 35.4 Å². The molecule has 0 aliphatic carbocycles. The zero-order chi connectivity index (χ0) is 35.4. The number of hydrogen-bond acceptors (Lipinski definition) is 5. The third-order valence-electron chi connectivity index (χ3n) is 9.53. The standard InChI is InChI=1S/C46H29N5/c1-51-44-22-20-38(36-16-12-32(13-17-36)24-34(28-47)29-48)26-42(44)46(40-8-4-2-5-9-40,41-10-6-3-7-11-41)43-27-39(21-23-45(43)51)37-18-14-33(15-19-37)25-35(30-49)31-50/h2-27H,1H3. The van der Waals surface area contributed by atoms with E-state index in [0.717, 1.165) is 67.0 Å². The first-order valence-electron chi connectivity index (χ1n) is 16.4. The molecule has 0 atom stereocenters. The number of rotatable bonds is 6. The van der Waals surface area contributed by atoms with E-state index in [1.807, 2.05) is 84.9 Å². The highest BCUT2D eigenvalue weighted by atomic mass is 15.1. The molecule has 1 aliphatic rings. The zero-order valence-electron chi connectivity index (χ0n) is 27.7. The molecule has 0 spiro atoms. The number of nitrogens with zero attached hydrogens (tertiary/aromatic N) is 5. The van der Waals surface area contributed by atoms with Crippen LogP contribution in [-0.4, -0.2) is 7.05 Å². The lowest BCUT2D eigenvalue weighted by Crippen LogP contribution is -2.38. The summed E-state index contributed by atoms with van der Waals surface area (Å²) in [5, 5.41) is 36.9. The number of fused-ring (bicyclic) bond motifs is 2. The van der Waals surface area contributed by atoms with Crippen LogP contribution in [0, 0.1) is 45.3 Å². The lowest BCUT2D eigenvalue weighted by atomic mass is 9.62. The summed E-state index contributed by atoms with van der Waals surface area (Å²) in [4.78, 5) is 2.26. The van der Waals surface area contributed by atoms with Crippen LogP contribution in [-0.2, 0) is 5.41 Å². The maximum atomic E-state index is 9.23. The van der Waals surface area contributed by atoms with Crippen molar-refractivity contribution in [1.82, 2.24) is 0 Å². The Hall–Kier alpha value is -7.44. The molecule has 1 heterocycles. The number of allylic oxidation sites excluding steroid dienone is 2. The normalized spacial score (nSPS) is 12.1. The second-order valence-corrected chi connectivity index (χ2v) is 12.3. The molecule has 6 aromatic carbocycles. The van der Waals surface area contributed by atoms with E-state index < -0.39 is 5.41 Å². The summed E-state index contributed by atoms with van der Waals surface area (Å²) >= 11 is 0. The average molecular weight is 652 g/mol. The minimum atomic E-state index is -0.680. The second-order valence-electron chi connectivity index (χ2n) is 12.3. The minimum absolute atomic E-state index is 0.0630. The van der Waals surface area contributed by atoms with Crippen LogP contribution in [0.25, 0.3) is 34.4 Å². The maximum Gasteiger partial charge on any atom is 0.130 e. The molecule has 5 nitrogen and oxygen atoms in total. The van der Waals surface area contributed by atoms with E-state index in [-0.39, 0.29) is 11.1 Å². The van der Waals surface area contributed by atoms with Gasteiger partial charge in [0.15, 0.2) is 0 Å². The first-order valence-corrected chi connectivity index (χ1v) is 16.4. The molecule has 0 saturated heterocycles. The van der Waals surface area contributed by atoms with Gasteiger partial charge in [0, 0.05) is 18.4 Å². The summed E-state index contributed by atoms with van der Waals surface area (Å²) in [5.41, 5.74) is 11.9. The van der Waals surface area contributed by atoms with Crippen molar-refractivity contribution >= 4 is 23.5 Å². The van der Waals surface area contributed by atoms with E-state index in [0.29, 0.717) is 0 Å². The molecule has 0 fully saturated rings. The van der Waals surface area contributed by atoms with E-state index >= 15 is 0 Å². The predicted molar refractivity (Wildman–Crippen MR) is 202 cm³/mol. The summed E-state index contributed by atoms with van der Waals surface area (Å²) in [5.74, 6) is 0. The Labute approximate surface area is 297 Å². The monoisotopic (exact) mass is 651 g/mol. The number of nitriles is 4. The molecule has 7 rings (SSSR count). The highest BCUT2D eigenvalue weighted by molar-refractivity contribution is 5.87. The summed E-state index contributed by atoms with van der Waals surface area (Å²) in [7, 11) is 2.11. The van der Waals surface area contributed by atoms with Crippen LogP contribution in [0.2, 0.25) is 0 Å². The van der Waals surface area contributed by atoms with Crippen molar-refractivity contribution in [2.75, 3.05) is 11.9 Å². The molecule has 0 saturated carbocycles. The van der Waals surface area contributed by atoms with Gasteiger partial charge in [-0.15, -0.1) is 0 Å². The van der Waals surface area contributed by atoms with Crippen molar-refractivity contribution in [3.05, 3.63) is 190 Å². The van der Waals surface area contributed by atoms with Crippen molar-refractivity contribution in [2.45, 2.75) is 5.41 Å². The van der Waals surface area contributed by atoms with Gasteiger partial charge in [-0.2, -0.15) is 21.0 Å². The SMILES string of the molecule is CN1c2ccc(-c3ccc(C=C(C#N)C#N)cc3)cc2C(c2ccccc2)(c2ccccc2)c2cc(-c3ccc(C=C(C#N)C#N)cc3)ccc21. The number of anilines is 2. The Kier molecular flexibility index (Phi) is 8.56. The molecular formula is C46H29N5. The number of benzene rings is 6. The Morgan fingerprint density at radius 3 is 1.18 bits per heavy atom. The Balaban J connectivity index is 1.46. The van der Waals surface area contributed by atoms with E-state index in [1.54, 1.807) is 12.2 Å². The van der Waals surface area contributed by atoms with Crippen LogP contribution in [0.1, 0.15) is 33.4 Å². The van der Waals surface area contributed by atoms with Crippen molar-refractivity contribution in [3.8, 4) is 46.5 Å². The van der Waals surface area contributed by atoms with Crippen LogP contribution in [0.4, 0.5) is 11.4 Å². The third kappa shape index (κ3) is 5.73. The minimum Gasteiger partial charge on any atom is -0.344 e.